The number of amides is 1. The van der Waals surface area contributed by atoms with Crippen LogP contribution in [0.5, 0.6) is 0 Å². The van der Waals surface area contributed by atoms with Crippen LogP contribution in [0.15, 0.2) is 18.2 Å². The molecule has 1 saturated carbocycles. The molecule has 0 N–H and O–H groups in total. The molecule has 2 aliphatic rings. The van der Waals surface area contributed by atoms with Crippen LogP contribution in [0.4, 0.5) is 0 Å². The van der Waals surface area contributed by atoms with Crippen molar-refractivity contribution in [3.05, 3.63) is 29.3 Å². The summed E-state index contributed by atoms with van der Waals surface area (Å²) in [5.74, 6) is 0.971. The SMILES string of the molecule is O=C1c2c([As])cccc2CN1CC1CCCCC1. The molecule has 0 saturated heterocycles. The van der Waals surface area contributed by atoms with Gasteiger partial charge < -0.3 is 0 Å². The number of nitrogens with zero attached hydrogens (tertiary/aromatic N) is 1. The Kier molecular flexibility index (Phi) is 3.47. The van der Waals surface area contributed by atoms with Crippen molar-refractivity contribution >= 4 is 27.1 Å². The van der Waals surface area contributed by atoms with Crippen LogP contribution in [0.3, 0.4) is 0 Å². The number of hydrogen-bond donors (Lipinski definition) is 0. The van der Waals surface area contributed by atoms with E-state index in [-0.39, 0.29) is 5.91 Å². The predicted molar refractivity (Wildman–Crippen MR) is 73.1 cm³/mol. The van der Waals surface area contributed by atoms with Crippen molar-refractivity contribution in [3.8, 4) is 0 Å². The van der Waals surface area contributed by atoms with Gasteiger partial charge in [0, 0.05) is 0 Å². The Bertz CT molecular complexity index is 466. The molecule has 94 valence electrons. The molecule has 1 aromatic carbocycles. The van der Waals surface area contributed by atoms with Gasteiger partial charge in [-0.1, -0.05) is 0 Å². The molecule has 3 rings (SSSR count). The van der Waals surface area contributed by atoms with E-state index in [4.69, 9.17) is 0 Å². The zero-order valence-corrected chi connectivity index (χ0v) is 12.4. The summed E-state index contributed by atoms with van der Waals surface area (Å²) in [5, 5.41) is 0. The third kappa shape index (κ3) is 2.23. The predicted octanol–water partition coefficient (Wildman–Crippen LogP) is 2.02. The standard InChI is InChI=1S/C15H18AsNO/c16-13-8-4-7-12-10-17(15(18)14(12)13)9-11-5-2-1-3-6-11/h4,7-8,11H,1-3,5-6,9-10H2. The van der Waals surface area contributed by atoms with Crippen LogP contribution in [0.2, 0.25) is 0 Å². The van der Waals surface area contributed by atoms with Crippen LogP contribution in [0, 0.1) is 5.92 Å². The number of hydrogen-bond acceptors (Lipinski definition) is 1. The second-order valence-corrected chi connectivity index (χ2v) is 6.51. The molecule has 1 heterocycles. The van der Waals surface area contributed by atoms with E-state index in [1.807, 2.05) is 12.1 Å². The van der Waals surface area contributed by atoms with Crippen LogP contribution < -0.4 is 4.35 Å². The minimum atomic E-state index is 0.242. The fourth-order valence-corrected chi connectivity index (χ4v) is 3.91. The van der Waals surface area contributed by atoms with Gasteiger partial charge in [-0.05, 0) is 0 Å². The molecular weight excluding hydrogens is 285 g/mol. The number of carbonyl (C=O) groups is 1. The van der Waals surface area contributed by atoms with Gasteiger partial charge in [-0.25, -0.2) is 0 Å². The van der Waals surface area contributed by atoms with Crippen molar-refractivity contribution in [2.45, 2.75) is 38.6 Å². The van der Waals surface area contributed by atoms with Crippen LogP contribution in [0.25, 0.3) is 0 Å². The summed E-state index contributed by atoms with van der Waals surface area (Å²) in [7, 11) is 0. The van der Waals surface area contributed by atoms with Gasteiger partial charge in [0.1, 0.15) is 0 Å². The van der Waals surface area contributed by atoms with Gasteiger partial charge in [-0.2, -0.15) is 0 Å². The van der Waals surface area contributed by atoms with Crippen LogP contribution >= 0.6 is 0 Å². The molecule has 1 fully saturated rings. The molecule has 0 aromatic heterocycles. The number of carbonyl (C=O) groups excluding carboxylic acids is 1. The molecule has 18 heavy (non-hydrogen) atoms. The van der Waals surface area contributed by atoms with Gasteiger partial charge in [0.05, 0.1) is 0 Å². The molecule has 2 radical (unpaired) electrons. The second kappa shape index (κ2) is 5.09. The Balaban J connectivity index is 1.74. The molecular formula is C15H18AsNO. The Morgan fingerprint density at radius 2 is 2.00 bits per heavy atom. The summed E-state index contributed by atoms with van der Waals surface area (Å²) in [6.45, 7) is 1.77. The van der Waals surface area contributed by atoms with E-state index in [0.29, 0.717) is 0 Å². The van der Waals surface area contributed by atoms with Crippen molar-refractivity contribution in [1.82, 2.24) is 4.90 Å². The fourth-order valence-electron chi connectivity index (χ4n) is 3.23. The zero-order chi connectivity index (χ0) is 12.5. The molecule has 1 aromatic rings. The van der Waals surface area contributed by atoms with Gasteiger partial charge in [-0.15, -0.1) is 0 Å². The van der Waals surface area contributed by atoms with Gasteiger partial charge in [-0.3, -0.25) is 0 Å². The maximum atomic E-state index is 12.4. The first-order valence-corrected chi connectivity index (χ1v) is 7.79. The summed E-state index contributed by atoms with van der Waals surface area (Å²) in [6.07, 6.45) is 6.66. The first-order valence-electron chi connectivity index (χ1n) is 6.86. The Labute approximate surface area is 117 Å². The van der Waals surface area contributed by atoms with E-state index in [9.17, 15) is 4.79 Å². The molecule has 0 spiro atoms. The maximum absolute atomic E-state index is 12.4. The third-order valence-electron chi connectivity index (χ3n) is 4.19. The molecule has 1 amide bonds. The number of benzene rings is 1. The van der Waals surface area contributed by atoms with Crippen molar-refractivity contribution in [2.24, 2.45) is 5.92 Å². The molecule has 1 aliphatic carbocycles. The fraction of sp³-hybridized carbons (Fsp3) is 0.533. The Morgan fingerprint density at radius 1 is 1.22 bits per heavy atom. The monoisotopic (exact) mass is 303 g/mol. The van der Waals surface area contributed by atoms with Crippen molar-refractivity contribution in [1.29, 1.82) is 0 Å². The van der Waals surface area contributed by atoms with E-state index in [2.05, 4.69) is 27.8 Å². The molecule has 1 aliphatic heterocycles. The van der Waals surface area contributed by atoms with Crippen molar-refractivity contribution in [2.75, 3.05) is 6.54 Å². The minimum absolute atomic E-state index is 0.242. The van der Waals surface area contributed by atoms with Gasteiger partial charge >= 0.3 is 117 Å². The van der Waals surface area contributed by atoms with Gasteiger partial charge in [0.25, 0.3) is 0 Å². The first-order chi connectivity index (χ1) is 8.75. The summed E-state index contributed by atoms with van der Waals surface area (Å²) >= 11 is 2.53. The van der Waals surface area contributed by atoms with E-state index in [1.165, 1.54) is 37.7 Å². The normalized spacial score (nSPS) is 20.3. The second-order valence-electron chi connectivity index (χ2n) is 5.50. The summed E-state index contributed by atoms with van der Waals surface area (Å²) in [4.78, 5) is 14.5. The molecule has 0 unspecified atom stereocenters. The van der Waals surface area contributed by atoms with Crippen LogP contribution in [0.1, 0.15) is 48.0 Å². The average molecular weight is 303 g/mol. The van der Waals surface area contributed by atoms with Crippen LogP contribution in [-0.2, 0) is 6.54 Å². The number of fused-ring (bicyclic) bond motifs is 1. The van der Waals surface area contributed by atoms with E-state index < -0.39 is 0 Å². The van der Waals surface area contributed by atoms with Crippen molar-refractivity contribution < 1.29 is 4.79 Å². The van der Waals surface area contributed by atoms with Crippen LogP contribution in [-0.4, -0.2) is 34.2 Å². The van der Waals surface area contributed by atoms with Gasteiger partial charge in [0.15, 0.2) is 0 Å². The molecule has 3 heteroatoms. The number of rotatable bonds is 2. The van der Waals surface area contributed by atoms with E-state index in [1.54, 1.807) is 0 Å². The summed E-state index contributed by atoms with van der Waals surface area (Å²) in [6, 6.07) is 6.15. The Hall–Kier alpha value is -0.752. The topological polar surface area (TPSA) is 20.3 Å². The van der Waals surface area contributed by atoms with E-state index >= 15 is 0 Å². The quantitative estimate of drug-likeness (QED) is 0.766. The first kappa shape index (κ1) is 12.3. The summed E-state index contributed by atoms with van der Waals surface area (Å²) in [5.41, 5.74) is 2.14. The molecule has 0 atom stereocenters. The molecule has 2 nitrogen and oxygen atoms in total. The van der Waals surface area contributed by atoms with Crippen molar-refractivity contribution in [3.63, 3.8) is 0 Å². The summed E-state index contributed by atoms with van der Waals surface area (Å²) < 4.78 is 1.07. The van der Waals surface area contributed by atoms with Gasteiger partial charge in [0.2, 0.25) is 0 Å². The Morgan fingerprint density at radius 3 is 2.72 bits per heavy atom. The molecule has 0 bridgehead atoms. The zero-order valence-electron chi connectivity index (χ0n) is 10.6. The third-order valence-corrected chi connectivity index (χ3v) is 4.98. The van der Waals surface area contributed by atoms with E-state index in [0.717, 1.165) is 28.9 Å². The average Bonchev–Trinajstić information content (AvgIpc) is 2.69.